The Bertz CT molecular complexity index is 1110. The molecule has 0 aliphatic rings. The van der Waals surface area contributed by atoms with E-state index >= 15 is 0 Å². The molecule has 2 N–H and O–H groups in total. The largest absolute Gasteiger partial charge is 0.358 e. The highest BCUT2D eigenvalue weighted by Crippen LogP contribution is 2.24. The topological polar surface area (TPSA) is 74.4 Å². The van der Waals surface area contributed by atoms with Crippen LogP contribution in [0.1, 0.15) is 27.4 Å². The number of fused-ring (bicyclic) bond motifs is 1. The van der Waals surface area contributed by atoms with E-state index in [-0.39, 0.29) is 5.78 Å². The maximum atomic E-state index is 12.7. The summed E-state index contributed by atoms with van der Waals surface area (Å²) >= 11 is 1.34. The first kappa shape index (κ1) is 17.3. The monoisotopic (exact) mass is 374 g/mol. The molecule has 0 aliphatic heterocycles. The number of thioether (sulfide) groups is 1. The van der Waals surface area contributed by atoms with Crippen LogP contribution in [0.4, 0.5) is 0 Å². The molecule has 27 heavy (non-hydrogen) atoms. The minimum Gasteiger partial charge on any atom is -0.358 e. The van der Waals surface area contributed by atoms with E-state index in [2.05, 4.69) is 20.2 Å². The second kappa shape index (κ2) is 7.63. The molecule has 4 rings (SSSR count). The highest BCUT2D eigenvalue weighted by Gasteiger charge is 2.16. The predicted octanol–water partition coefficient (Wildman–Crippen LogP) is 4.74. The first-order valence-corrected chi connectivity index (χ1v) is 9.58. The summed E-state index contributed by atoms with van der Waals surface area (Å²) in [7, 11) is 0. The number of Topliss-reactive ketones (excluding diaryl/α,β-unsaturated/α-hetero) is 1. The van der Waals surface area contributed by atoms with Crippen molar-refractivity contribution in [1.29, 1.82) is 0 Å². The van der Waals surface area contributed by atoms with E-state index in [4.69, 9.17) is 0 Å². The molecule has 0 amide bonds. The van der Waals surface area contributed by atoms with Crippen LogP contribution in [0.2, 0.25) is 0 Å². The molecular weight excluding hydrogens is 356 g/mol. The van der Waals surface area contributed by atoms with Gasteiger partial charge in [-0.3, -0.25) is 9.89 Å². The standard InChI is InChI=1S/C21H18N4OS/c1-14-20(16-9-5-6-10-17(16)22-14)18(26)13-27-21-23-19(24-25-21)12-11-15-7-3-2-4-8-15/h2-12,22H,13H2,1H3,(H,23,24,25)/b12-11+. The van der Waals surface area contributed by atoms with Crippen LogP contribution in [0.15, 0.2) is 59.8 Å². The molecule has 0 fully saturated rings. The van der Waals surface area contributed by atoms with Gasteiger partial charge in [-0.25, -0.2) is 4.98 Å². The Kier molecular flexibility index (Phi) is 4.89. The van der Waals surface area contributed by atoms with Crippen LogP contribution in [-0.4, -0.2) is 31.7 Å². The number of aromatic amines is 2. The van der Waals surface area contributed by atoms with E-state index in [1.54, 1.807) is 0 Å². The van der Waals surface area contributed by atoms with E-state index < -0.39 is 0 Å². The van der Waals surface area contributed by atoms with Crippen molar-refractivity contribution in [3.63, 3.8) is 0 Å². The van der Waals surface area contributed by atoms with Crippen molar-refractivity contribution >= 4 is 40.6 Å². The van der Waals surface area contributed by atoms with Gasteiger partial charge in [-0.15, -0.1) is 5.10 Å². The zero-order valence-corrected chi connectivity index (χ0v) is 15.6. The number of H-pyrrole nitrogens is 2. The van der Waals surface area contributed by atoms with E-state index in [0.717, 1.165) is 27.7 Å². The maximum absolute atomic E-state index is 12.7. The number of rotatable bonds is 6. The first-order valence-electron chi connectivity index (χ1n) is 8.59. The predicted molar refractivity (Wildman–Crippen MR) is 110 cm³/mol. The van der Waals surface area contributed by atoms with Crippen LogP contribution in [0.25, 0.3) is 23.1 Å². The molecule has 2 heterocycles. The molecular formula is C21H18N4OS. The average Bonchev–Trinajstić information content (AvgIpc) is 3.28. The lowest BCUT2D eigenvalue weighted by Crippen LogP contribution is -2.03. The third-order valence-electron chi connectivity index (χ3n) is 4.22. The van der Waals surface area contributed by atoms with Crippen LogP contribution in [0.3, 0.4) is 0 Å². The fraction of sp³-hybridized carbons (Fsp3) is 0.0952. The van der Waals surface area contributed by atoms with Crippen LogP contribution in [-0.2, 0) is 0 Å². The molecule has 0 atom stereocenters. The van der Waals surface area contributed by atoms with Gasteiger partial charge < -0.3 is 4.98 Å². The second-order valence-electron chi connectivity index (χ2n) is 6.13. The van der Waals surface area contributed by atoms with Crippen molar-refractivity contribution < 1.29 is 4.79 Å². The molecule has 0 spiro atoms. The van der Waals surface area contributed by atoms with Gasteiger partial charge in [0.25, 0.3) is 0 Å². The summed E-state index contributed by atoms with van der Waals surface area (Å²) in [5.74, 6) is 1.03. The molecule has 4 aromatic rings. The molecule has 6 heteroatoms. The van der Waals surface area contributed by atoms with Gasteiger partial charge in [0.2, 0.25) is 5.16 Å². The smallest absolute Gasteiger partial charge is 0.209 e. The van der Waals surface area contributed by atoms with Crippen molar-refractivity contribution in [2.24, 2.45) is 0 Å². The zero-order chi connectivity index (χ0) is 18.6. The zero-order valence-electron chi connectivity index (χ0n) is 14.8. The molecule has 0 aliphatic carbocycles. The fourth-order valence-electron chi connectivity index (χ4n) is 2.97. The van der Waals surface area contributed by atoms with Crippen molar-refractivity contribution in [1.82, 2.24) is 20.2 Å². The summed E-state index contributed by atoms with van der Waals surface area (Å²) in [4.78, 5) is 20.4. The highest BCUT2D eigenvalue weighted by molar-refractivity contribution is 7.99. The molecule has 5 nitrogen and oxygen atoms in total. The Morgan fingerprint density at radius 1 is 1.07 bits per heavy atom. The van der Waals surface area contributed by atoms with Gasteiger partial charge in [0.15, 0.2) is 5.78 Å². The number of aromatic nitrogens is 4. The molecule has 0 radical (unpaired) electrons. The van der Waals surface area contributed by atoms with Gasteiger partial charge in [-0.05, 0) is 24.6 Å². The fourth-order valence-corrected chi connectivity index (χ4v) is 3.65. The number of hydrogen-bond donors (Lipinski definition) is 2. The lowest BCUT2D eigenvalue weighted by Gasteiger charge is -1.99. The molecule has 134 valence electrons. The van der Waals surface area contributed by atoms with Crippen molar-refractivity contribution in [2.75, 3.05) is 5.75 Å². The van der Waals surface area contributed by atoms with Gasteiger partial charge in [0.1, 0.15) is 5.82 Å². The summed E-state index contributed by atoms with van der Waals surface area (Å²) in [6, 6.07) is 17.8. The molecule has 0 saturated heterocycles. The number of nitrogens with zero attached hydrogens (tertiary/aromatic N) is 2. The van der Waals surface area contributed by atoms with Gasteiger partial charge in [0.05, 0.1) is 5.75 Å². The SMILES string of the molecule is Cc1[nH]c2ccccc2c1C(=O)CSc1n[nH]c(/C=C/c2ccccc2)n1. The molecule has 2 aromatic heterocycles. The Balaban J connectivity index is 1.43. The summed E-state index contributed by atoms with van der Waals surface area (Å²) in [6.07, 6.45) is 3.84. The van der Waals surface area contributed by atoms with E-state index in [1.165, 1.54) is 11.8 Å². The third kappa shape index (κ3) is 3.85. The minimum absolute atomic E-state index is 0.0705. The van der Waals surface area contributed by atoms with Gasteiger partial charge in [-0.2, -0.15) is 0 Å². The average molecular weight is 374 g/mol. The lowest BCUT2D eigenvalue weighted by molar-refractivity contribution is 0.102. The second-order valence-corrected chi connectivity index (χ2v) is 7.07. The Morgan fingerprint density at radius 2 is 1.85 bits per heavy atom. The maximum Gasteiger partial charge on any atom is 0.209 e. The van der Waals surface area contributed by atoms with Crippen LogP contribution in [0, 0.1) is 6.92 Å². The molecule has 0 saturated carbocycles. The first-order chi connectivity index (χ1) is 13.2. The summed E-state index contributed by atoms with van der Waals surface area (Å²) in [6.45, 7) is 1.93. The Hall–Kier alpha value is -3.12. The number of ketones is 1. The normalized spacial score (nSPS) is 11.4. The number of carbonyl (C=O) groups is 1. The Morgan fingerprint density at radius 3 is 2.70 bits per heavy atom. The summed E-state index contributed by atoms with van der Waals surface area (Å²) < 4.78 is 0. The number of benzene rings is 2. The van der Waals surface area contributed by atoms with Crippen molar-refractivity contribution in [3.8, 4) is 0 Å². The minimum atomic E-state index is 0.0705. The highest BCUT2D eigenvalue weighted by atomic mass is 32.2. The number of aryl methyl sites for hydroxylation is 1. The van der Waals surface area contributed by atoms with E-state index in [0.29, 0.717) is 16.7 Å². The summed E-state index contributed by atoms with van der Waals surface area (Å²) in [5.41, 5.74) is 3.71. The summed E-state index contributed by atoms with van der Waals surface area (Å²) in [5, 5.41) is 8.60. The van der Waals surface area contributed by atoms with Crippen LogP contribution < -0.4 is 0 Å². The van der Waals surface area contributed by atoms with E-state index in [9.17, 15) is 4.79 Å². The lowest BCUT2D eigenvalue weighted by atomic mass is 10.1. The van der Waals surface area contributed by atoms with Crippen molar-refractivity contribution in [2.45, 2.75) is 12.1 Å². The van der Waals surface area contributed by atoms with Gasteiger partial charge >= 0.3 is 0 Å². The molecule has 0 bridgehead atoms. The Labute approximate surface area is 160 Å². The van der Waals surface area contributed by atoms with Gasteiger partial charge in [0, 0.05) is 22.2 Å². The number of hydrogen-bond acceptors (Lipinski definition) is 4. The number of para-hydroxylation sites is 1. The van der Waals surface area contributed by atoms with Crippen LogP contribution in [0.5, 0.6) is 0 Å². The molecule has 2 aromatic carbocycles. The van der Waals surface area contributed by atoms with Crippen molar-refractivity contribution in [3.05, 3.63) is 77.2 Å². The number of carbonyl (C=O) groups excluding carboxylic acids is 1. The van der Waals surface area contributed by atoms with Gasteiger partial charge in [-0.1, -0.05) is 66.4 Å². The van der Waals surface area contributed by atoms with E-state index in [1.807, 2.05) is 73.7 Å². The number of nitrogens with one attached hydrogen (secondary N) is 2. The quantitative estimate of drug-likeness (QED) is 0.378. The van der Waals surface area contributed by atoms with Crippen LogP contribution >= 0.6 is 11.8 Å². The molecule has 0 unspecified atom stereocenters. The third-order valence-corrected chi connectivity index (χ3v) is 5.07.